The third-order valence-electron chi connectivity index (χ3n) is 2.72. The van der Waals surface area contributed by atoms with Gasteiger partial charge in [-0.05, 0) is 12.1 Å². The van der Waals surface area contributed by atoms with Crippen LogP contribution in [0.3, 0.4) is 0 Å². The molecule has 1 saturated heterocycles. The lowest BCUT2D eigenvalue weighted by Crippen LogP contribution is -2.45. The van der Waals surface area contributed by atoms with Gasteiger partial charge in [-0.15, -0.1) is 5.10 Å². The van der Waals surface area contributed by atoms with Crippen molar-refractivity contribution in [3.8, 4) is 0 Å². The normalized spacial score (nSPS) is 16.3. The molecule has 0 spiro atoms. The molecule has 0 aliphatic carbocycles. The van der Waals surface area contributed by atoms with E-state index in [1.54, 1.807) is 6.20 Å². The monoisotopic (exact) mass is 262 g/mol. The molecule has 0 amide bonds. The maximum absolute atomic E-state index is 5.59. The Labute approximate surface area is 111 Å². The van der Waals surface area contributed by atoms with Crippen LogP contribution >= 0.6 is 0 Å². The average molecular weight is 262 g/mol. The Balaban J connectivity index is 1.91. The second kappa shape index (κ2) is 5.89. The molecule has 1 aliphatic rings. The van der Waals surface area contributed by atoms with Gasteiger partial charge < -0.3 is 22.1 Å². The number of hydrogen-bond donors (Lipinski definition) is 3. The van der Waals surface area contributed by atoms with E-state index in [1.165, 1.54) is 0 Å². The number of pyridine rings is 1. The minimum absolute atomic E-state index is 0.0753. The Hall–Kier alpha value is -2.51. The molecule has 8 nitrogen and oxygen atoms in total. The van der Waals surface area contributed by atoms with Crippen molar-refractivity contribution in [3.63, 3.8) is 0 Å². The molecule has 1 aromatic heterocycles. The van der Waals surface area contributed by atoms with E-state index in [-0.39, 0.29) is 11.9 Å². The summed E-state index contributed by atoms with van der Waals surface area (Å²) >= 11 is 0. The van der Waals surface area contributed by atoms with Crippen molar-refractivity contribution in [2.75, 3.05) is 31.1 Å². The van der Waals surface area contributed by atoms with Crippen LogP contribution < -0.4 is 22.1 Å². The highest BCUT2D eigenvalue weighted by Crippen LogP contribution is 2.12. The van der Waals surface area contributed by atoms with E-state index < -0.39 is 0 Å². The fourth-order valence-corrected chi connectivity index (χ4v) is 1.87. The SMILES string of the molecule is NC(N)=NC(N)=NN1CCN(c2ccccn2)CC1. The summed E-state index contributed by atoms with van der Waals surface area (Å²) in [5, 5.41) is 5.99. The molecule has 102 valence electrons. The second-order valence-corrected chi connectivity index (χ2v) is 4.12. The van der Waals surface area contributed by atoms with Crippen LogP contribution in [0.5, 0.6) is 0 Å². The van der Waals surface area contributed by atoms with Crippen LogP contribution in [0.4, 0.5) is 5.82 Å². The van der Waals surface area contributed by atoms with Gasteiger partial charge in [0.15, 0.2) is 5.96 Å². The van der Waals surface area contributed by atoms with Gasteiger partial charge in [-0.2, -0.15) is 4.99 Å². The van der Waals surface area contributed by atoms with E-state index in [4.69, 9.17) is 17.2 Å². The van der Waals surface area contributed by atoms with Crippen LogP contribution in [0.1, 0.15) is 0 Å². The number of piperazine rings is 1. The molecule has 0 atom stereocenters. The van der Waals surface area contributed by atoms with Crippen molar-refractivity contribution < 1.29 is 0 Å². The van der Waals surface area contributed by atoms with E-state index in [9.17, 15) is 0 Å². The van der Waals surface area contributed by atoms with E-state index >= 15 is 0 Å². The number of anilines is 1. The largest absolute Gasteiger partial charge is 0.370 e. The minimum atomic E-state index is -0.0895. The summed E-state index contributed by atoms with van der Waals surface area (Å²) in [6, 6.07) is 5.87. The highest BCUT2D eigenvalue weighted by atomic mass is 15.5. The molecular formula is C11H18N8. The number of hydrogen-bond acceptors (Lipinski definition) is 4. The van der Waals surface area contributed by atoms with Crippen LogP contribution in [0, 0.1) is 0 Å². The first-order valence-corrected chi connectivity index (χ1v) is 6.00. The van der Waals surface area contributed by atoms with E-state index in [1.807, 2.05) is 23.2 Å². The fourth-order valence-electron chi connectivity index (χ4n) is 1.87. The molecule has 1 fully saturated rings. The zero-order valence-electron chi connectivity index (χ0n) is 10.6. The van der Waals surface area contributed by atoms with Gasteiger partial charge >= 0.3 is 0 Å². The maximum Gasteiger partial charge on any atom is 0.240 e. The van der Waals surface area contributed by atoms with E-state index in [0.29, 0.717) is 0 Å². The summed E-state index contributed by atoms with van der Waals surface area (Å²) in [4.78, 5) is 10.2. The molecule has 0 bridgehead atoms. The van der Waals surface area contributed by atoms with Crippen molar-refractivity contribution in [2.45, 2.75) is 0 Å². The van der Waals surface area contributed by atoms with Crippen molar-refractivity contribution >= 4 is 17.7 Å². The van der Waals surface area contributed by atoms with Gasteiger partial charge in [-0.1, -0.05) is 6.07 Å². The quantitative estimate of drug-likeness (QED) is 0.450. The summed E-state index contributed by atoms with van der Waals surface area (Å²) in [5.41, 5.74) is 16.0. The van der Waals surface area contributed by atoms with Gasteiger partial charge in [0.05, 0.1) is 13.1 Å². The van der Waals surface area contributed by atoms with E-state index in [2.05, 4.69) is 20.0 Å². The number of aromatic nitrogens is 1. The molecular weight excluding hydrogens is 244 g/mol. The molecule has 0 radical (unpaired) electrons. The molecule has 19 heavy (non-hydrogen) atoms. The van der Waals surface area contributed by atoms with Crippen molar-refractivity contribution in [1.82, 2.24) is 9.99 Å². The number of guanidine groups is 2. The summed E-state index contributed by atoms with van der Waals surface area (Å²) in [6.45, 7) is 3.15. The smallest absolute Gasteiger partial charge is 0.240 e. The van der Waals surface area contributed by atoms with Crippen LogP contribution in [-0.2, 0) is 0 Å². The fraction of sp³-hybridized carbons (Fsp3) is 0.364. The van der Waals surface area contributed by atoms with Crippen LogP contribution in [0.25, 0.3) is 0 Å². The molecule has 0 saturated carbocycles. The Morgan fingerprint density at radius 2 is 1.84 bits per heavy atom. The van der Waals surface area contributed by atoms with E-state index in [0.717, 1.165) is 32.0 Å². The Kier molecular flexibility index (Phi) is 4.01. The summed E-state index contributed by atoms with van der Waals surface area (Å²) in [5.74, 6) is 0.961. The molecule has 0 unspecified atom stereocenters. The lowest BCUT2D eigenvalue weighted by atomic mass is 10.3. The van der Waals surface area contributed by atoms with Gasteiger partial charge in [-0.25, -0.2) is 4.98 Å². The van der Waals surface area contributed by atoms with Crippen molar-refractivity contribution in [1.29, 1.82) is 0 Å². The maximum atomic E-state index is 5.59. The number of nitrogens with two attached hydrogens (primary N) is 3. The lowest BCUT2D eigenvalue weighted by molar-refractivity contribution is 0.269. The van der Waals surface area contributed by atoms with Crippen molar-refractivity contribution in [3.05, 3.63) is 24.4 Å². The zero-order valence-corrected chi connectivity index (χ0v) is 10.6. The molecule has 1 aliphatic heterocycles. The van der Waals surface area contributed by atoms with Gasteiger partial charge in [0.1, 0.15) is 5.82 Å². The Bertz CT molecular complexity index is 457. The summed E-state index contributed by atoms with van der Waals surface area (Å²) in [6.07, 6.45) is 1.79. The Morgan fingerprint density at radius 3 is 2.42 bits per heavy atom. The van der Waals surface area contributed by atoms with Gasteiger partial charge in [0.25, 0.3) is 0 Å². The van der Waals surface area contributed by atoms with Crippen LogP contribution in [0.15, 0.2) is 34.5 Å². The lowest BCUT2D eigenvalue weighted by Gasteiger charge is -2.33. The zero-order chi connectivity index (χ0) is 13.7. The summed E-state index contributed by atoms with van der Waals surface area (Å²) < 4.78 is 0. The third kappa shape index (κ3) is 3.73. The second-order valence-electron chi connectivity index (χ2n) is 4.12. The standard InChI is InChI=1S/C11H18N8/c12-10(13)16-11(14)17-19-7-5-18(6-8-19)9-3-1-2-4-15-9/h1-4H,5-8H2,(H6,12,13,14,16,17). The number of aliphatic imine (C=N–C) groups is 1. The van der Waals surface area contributed by atoms with Crippen LogP contribution in [0.2, 0.25) is 0 Å². The number of nitrogens with zero attached hydrogens (tertiary/aromatic N) is 5. The molecule has 0 aromatic carbocycles. The predicted octanol–water partition coefficient (Wildman–Crippen LogP) is -1.29. The number of rotatable bonds is 2. The first-order chi connectivity index (χ1) is 9.15. The topological polar surface area (TPSA) is 122 Å². The summed E-state index contributed by atoms with van der Waals surface area (Å²) in [7, 11) is 0. The van der Waals surface area contributed by atoms with Gasteiger partial charge in [0, 0.05) is 19.3 Å². The molecule has 2 heterocycles. The first-order valence-electron chi connectivity index (χ1n) is 6.00. The Morgan fingerprint density at radius 1 is 1.11 bits per heavy atom. The highest BCUT2D eigenvalue weighted by Gasteiger charge is 2.16. The predicted molar refractivity (Wildman–Crippen MR) is 75.5 cm³/mol. The molecule has 1 aromatic rings. The highest BCUT2D eigenvalue weighted by molar-refractivity contribution is 5.92. The minimum Gasteiger partial charge on any atom is -0.370 e. The first kappa shape index (κ1) is 12.9. The molecule has 6 N–H and O–H groups in total. The van der Waals surface area contributed by atoms with Gasteiger partial charge in [-0.3, -0.25) is 5.01 Å². The number of hydrazone groups is 1. The van der Waals surface area contributed by atoms with Crippen LogP contribution in [-0.4, -0.2) is 48.1 Å². The van der Waals surface area contributed by atoms with Crippen molar-refractivity contribution in [2.24, 2.45) is 27.3 Å². The third-order valence-corrected chi connectivity index (χ3v) is 2.72. The average Bonchev–Trinajstić information content (AvgIpc) is 2.39. The van der Waals surface area contributed by atoms with Gasteiger partial charge in [0.2, 0.25) is 5.96 Å². The molecule has 2 rings (SSSR count). The molecule has 8 heteroatoms.